The van der Waals surface area contributed by atoms with Crippen molar-refractivity contribution in [1.29, 1.82) is 0 Å². The van der Waals surface area contributed by atoms with Crippen molar-refractivity contribution in [3.05, 3.63) is 108 Å². The van der Waals surface area contributed by atoms with Crippen LogP contribution in [-0.2, 0) is 32.1 Å². The van der Waals surface area contributed by atoms with Crippen molar-refractivity contribution in [2.24, 2.45) is 5.92 Å². The number of nitrogens with one attached hydrogen (secondary N) is 5. The summed E-state index contributed by atoms with van der Waals surface area (Å²) in [6, 6.07) is 21.1. The summed E-state index contributed by atoms with van der Waals surface area (Å²) in [5, 5.41) is 11.3. The number of halogens is 1. The number of benzene rings is 3. The number of carbonyl (C=O) groups excluding carboxylic acids is 5. The number of H-pyrrole nitrogens is 1. The van der Waals surface area contributed by atoms with Gasteiger partial charge in [-0.25, -0.2) is 4.39 Å². The highest BCUT2D eigenvalue weighted by molar-refractivity contribution is 6.38. The van der Waals surface area contributed by atoms with E-state index in [1.807, 2.05) is 24.3 Å². The van der Waals surface area contributed by atoms with Crippen LogP contribution < -0.4 is 21.3 Å². The van der Waals surface area contributed by atoms with Crippen molar-refractivity contribution >= 4 is 40.3 Å². The first kappa shape index (κ1) is 31.1. The molecule has 3 aromatic carbocycles. The van der Waals surface area contributed by atoms with Gasteiger partial charge in [0, 0.05) is 36.3 Å². The summed E-state index contributed by atoms with van der Waals surface area (Å²) in [6.45, 7) is 0.626. The lowest BCUT2D eigenvalue weighted by Crippen LogP contribution is -2.55. The summed E-state index contributed by atoms with van der Waals surface area (Å²) in [5.74, 6) is -4.37. The molecule has 1 saturated heterocycles. The van der Waals surface area contributed by atoms with Gasteiger partial charge in [0.2, 0.25) is 17.6 Å². The second-order valence-corrected chi connectivity index (χ2v) is 11.1. The Kier molecular flexibility index (Phi) is 9.98. The quantitative estimate of drug-likeness (QED) is 0.156. The highest BCUT2D eigenvalue weighted by Crippen LogP contribution is 2.19. The first-order chi connectivity index (χ1) is 21.8. The molecule has 4 amide bonds. The van der Waals surface area contributed by atoms with Crippen LogP contribution in [0.1, 0.15) is 40.9 Å². The van der Waals surface area contributed by atoms with Gasteiger partial charge in [0.15, 0.2) is 0 Å². The Morgan fingerprint density at radius 3 is 2.29 bits per heavy atom. The Bertz CT molecular complexity index is 1690. The maximum absolute atomic E-state index is 13.8. The molecule has 4 aromatic rings. The SMILES string of the molecule is O=C(NCc1ccccc1)C(=O)[C@H](C[C@@H]1CCCNC1=O)NC(=O)[C@H](Cc1ccccc1)NC(=O)c1cc2cc(F)ccc2[nH]1. The van der Waals surface area contributed by atoms with Gasteiger partial charge in [-0.1, -0.05) is 60.7 Å². The zero-order valence-electron chi connectivity index (χ0n) is 24.5. The van der Waals surface area contributed by atoms with Crippen LogP contribution in [0.5, 0.6) is 0 Å². The summed E-state index contributed by atoms with van der Waals surface area (Å²) in [5.41, 5.74) is 2.19. The highest BCUT2D eigenvalue weighted by atomic mass is 19.1. The van der Waals surface area contributed by atoms with Gasteiger partial charge >= 0.3 is 0 Å². The van der Waals surface area contributed by atoms with Crippen molar-refractivity contribution in [2.45, 2.75) is 44.3 Å². The summed E-state index contributed by atoms with van der Waals surface area (Å²) < 4.78 is 13.7. The number of hydrogen-bond acceptors (Lipinski definition) is 5. The predicted molar refractivity (Wildman–Crippen MR) is 165 cm³/mol. The number of aromatic nitrogens is 1. The monoisotopic (exact) mass is 611 g/mol. The van der Waals surface area contributed by atoms with E-state index < -0.39 is 47.3 Å². The molecule has 0 radical (unpaired) electrons. The molecule has 0 saturated carbocycles. The minimum Gasteiger partial charge on any atom is -0.356 e. The van der Waals surface area contributed by atoms with Crippen LogP contribution in [0.4, 0.5) is 4.39 Å². The van der Waals surface area contributed by atoms with E-state index in [0.29, 0.717) is 30.3 Å². The normalized spacial score (nSPS) is 15.8. The van der Waals surface area contributed by atoms with Gasteiger partial charge in [-0.05, 0) is 54.7 Å². The molecule has 1 fully saturated rings. The molecule has 5 rings (SSSR count). The molecule has 232 valence electrons. The molecule has 2 heterocycles. The van der Waals surface area contributed by atoms with Crippen LogP contribution in [0, 0.1) is 11.7 Å². The number of piperidine rings is 1. The average molecular weight is 612 g/mol. The zero-order valence-corrected chi connectivity index (χ0v) is 24.5. The number of ketones is 1. The van der Waals surface area contributed by atoms with Gasteiger partial charge in [-0.3, -0.25) is 24.0 Å². The number of rotatable bonds is 12. The number of Topliss-reactive ketones (excluding diaryl/α,β-unsaturated/α-hetero) is 1. The fraction of sp³-hybridized carbons (Fsp3) is 0.265. The molecule has 10 nitrogen and oxygen atoms in total. The Balaban J connectivity index is 1.36. The second kappa shape index (κ2) is 14.4. The Hall–Kier alpha value is -5.32. The van der Waals surface area contributed by atoms with Crippen LogP contribution in [0.2, 0.25) is 0 Å². The first-order valence-corrected chi connectivity index (χ1v) is 14.8. The lowest BCUT2D eigenvalue weighted by atomic mass is 9.89. The largest absolute Gasteiger partial charge is 0.356 e. The minimum absolute atomic E-state index is 0.0747. The van der Waals surface area contributed by atoms with Gasteiger partial charge in [-0.2, -0.15) is 0 Å². The third kappa shape index (κ3) is 8.20. The van der Waals surface area contributed by atoms with Crippen LogP contribution >= 0.6 is 0 Å². The van der Waals surface area contributed by atoms with Gasteiger partial charge in [-0.15, -0.1) is 0 Å². The van der Waals surface area contributed by atoms with E-state index >= 15 is 0 Å². The van der Waals surface area contributed by atoms with Gasteiger partial charge in [0.1, 0.15) is 17.6 Å². The number of fused-ring (bicyclic) bond motifs is 1. The minimum atomic E-state index is -1.31. The lowest BCUT2D eigenvalue weighted by Gasteiger charge is -2.27. The van der Waals surface area contributed by atoms with Gasteiger partial charge in [0.25, 0.3) is 11.8 Å². The Morgan fingerprint density at radius 2 is 1.58 bits per heavy atom. The van der Waals surface area contributed by atoms with E-state index in [2.05, 4.69) is 26.3 Å². The van der Waals surface area contributed by atoms with Crippen LogP contribution in [0.3, 0.4) is 0 Å². The topological polar surface area (TPSA) is 149 Å². The van der Waals surface area contributed by atoms with E-state index in [0.717, 1.165) is 11.1 Å². The van der Waals surface area contributed by atoms with Crippen LogP contribution in [-0.4, -0.2) is 53.0 Å². The lowest BCUT2D eigenvalue weighted by molar-refractivity contribution is -0.141. The van der Waals surface area contributed by atoms with Crippen molar-refractivity contribution in [3.8, 4) is 0 Å². The van der Waals surface area contributed by atoms with Crippen molar-refractivity contribution in [1.82, 2.24) is 26.3 Å². The molecule has 0 unspecified atom stereocenters. The molecule has 1 aromatic heterocycles. The van der Waals surface area contributed by atoms with E-state index in [-0.39, 0.29) is 31.0 Å². The first-order valence-electron chi connectivity index (χ1n) is 14.8. The van der Waals surface area contributed by atoms with Crippen LogP contribution in [0.25, 0.3) is 10.9 Å². The third-order valence-corrected chi connectivity index (χ3v) is 7.80. The van der Waals surface area contributed by atoms with E-state index in [9.17, 15) is 28.4 Å². The van der Waals surface area contributed by atoms with Crippen molar-refractivity contribution in [2.75, 3.05) is 6.54 Å². The Labute approximate surface area is 259 Å². The fourth-order valence-electron chi connectivity index (χ4n) is 5.39. The standard InChI is InChI=1S/C34H34FN5O5/c35-25-13-14-26-24(17-25)19-29(38-26)33(44)40-28(16-21-8-3-1-4-9-21)32(43)39-27(18-23-12-7-15-36-31(23)42)30(41)34(45)37-20-22-10-5-2-6-11-22/h1-6,8-11,13-14,17,19,23,27-28,38H,7,12,15-16,18,20H2,(H,36,42)(H,37,45)(H,39,43)(H,40,44)/t23-,27-,28-/m0/s1. The smallest absolute Gasteiger partial charge is 0.289 e. The highest BCUT2D eigenvalue weighted by Gasteiger charge is 2.35. The molecule has 3 atom stereocenters. The Morgan fingerprint density at radius 1 is 0.867 bits per heavy atom. The number of amides is 4. The maximum atomic E-state index is 13.8. The molecule has 5 N–H and O–H groups in total. The van der Waals surface area contributed by atoms with E-state index in [1.54, 1.807) is 36.4 Å². The molecule has 1 aliphatic rings. The second-order valence-electron chi connectivity index (χ2n) is 11.1. The van der Waals surface area contributed by atoms with Gasteiger partial charge < -0.3 is 26.3 Å². The average Bonchev–Trinajstić information content (AvgIpc) is 3.48. The van der Waals surface area contributed by atoms with Gasteiger partial charge in [0.05, 0.1) is 6.04 Å². The number of carbonyl (C=O) groups is 5. The molecule has 0 bridgehead atoms. The third-order valence-electron chi connectivity index (χ3n) is 7.80. The van der Waals surface area contributed by atoms with Crippen molar-refractivity contribution < 1.29 is 28.4 Å². The molecule has 1 aliphatic heterocycles. The summed E-state index contributed by atoms with van der Waals surface area (Å²) >= 11 is 0. The van der Waals surface area contributed by atoms with Crippen molar-refractivity contribution in [3.63, 3.8) is 0 Å². The molecule has 0 spiro atoms. The molecule has 45 heavy (non-hydrogen) atoms. The van der Waals surface area contributed by atoms with E-state index in [4.69, 9.17) is 0 Å². The summed E-state index contributed by atoms with van der Waals surface area (Å²) in [7, 11) is 0. The van der Waals surface area contributed by atoms with Crippen LogP contribution in [0.15, 0.2) is 84.9 Å². The molecule has 0 aliphatic carbocycles. The molecular formula is C34H34FN5O5. The predicted octanol–water partition coefficient (Wildman–Crippen LogP) is 2.93. The fourth-order valence-corrected chi connectivity index (χ4v) is 5.39. The molecule has 11 heteroatoms. The number of aromatic amines is 1. The number of hydrogen-bond donors (Lipinski definition) is 5. The zero-order chi connectivity index (χ0) is 31.8. The molecular weight excluding hydrogens is 577 g/mol. The maximum Gasteiger partial charge on any atom is 0.289 e. The summed E-state index contributed by atoms with van der Waals surface area (Å²) in [6.07, 6.45) is 1.21. The summed E-state index contributed by atoms with van der Waals surface area (Å²) in [4.78, 5) is 69.0. The van der Waals surface area contributed by atoms with E-state index in [1.165, 1.54) is 24.3 Å².